The highest BCUT2D eigenvalue weighted by atomic mass is 19.4. The van der Waals surface area contributed by atoms with Crippen molar-refractivity contribution in [2.45, 2.75) is 38.0 Å². The number of rotatable bonds is 5. The van der Waals surface area contributed by atoms with E-state index in [4.69, 9.17) is 4.99 Å². The number of hydrogen-bond donors (Lipinski definition) is 0. The summed E-state index contributed by atoms with van der Waals surface area (Å²) in [5.41, 5.74) is 5.15. The van der Waals surface area contributed by atoms with E-state index < -0.39 is 52.8 Å². The summed E-state index contributed by atoms with van der Waals surface area (Å²) < 4.78 is 78.3. The molecule has 4 aromatic rings. The molecule has 2 aliphatic carbocycles. The normalized spacial score (nSPS) is 18.4. The quantitative estimate of drug-likeness (QED) is 0.112. The van der Waals surface area contributed by atoms with E-state index in [0.29, 0.717) is 68.8 Å². The minimum Gasteiger partial charge on any atom is -0.284 e. The largest absolute Gasteiger partial charge is 0.454 e. The maximum absolute atomic E-state index is 13.1. The summed E-state index contributed by atoms with van der Waals surface area (Å²) in [6.07, 6.45) is -9.08. The zero-order valence-corrected chi connectivity index (χ0v) is 29.6. The van der Waals surface area contributed by atoms with E-state index in [2.05, 4.69) is 12.1 Å². The average Bonchev–Trinajstić information content (AvgIpc) is 3.66. The fraction of sp³-hybridized carbons (Fsp3) is 0.205. The number of allylic oxidation sites excluding steroid dienone is 3. The molecule has 0 amide bonds. The number of carbonyl (C=O) groups excluding carboxylic acids is 2. The van der Waals surface area contributed by atoms with Gasteiger partial charge in [-0.05, 0) is 74.9 Å². The molecule has 0 aromatic heterocycles. The monoisotopic (exact) mass is 769 g/mol. The number of aliphatic imine (C=N–C) groups is 1. The highest BCUT2D eigenvalue weighted by Gasteiger charge is 2.47. The van der Waals surface area contributed by atoms with Gasteiger partial charge in [0.1, 0.15) is 23.6 Å². The van der Waals surface area contributed by atoms with Crippen LogP contribution in [-0.2, 0) is 0 Å². The molecular weight excluding hydrogens is 745 g/mol. The molecule has 280 valence electrons. The van der Waals surface area contributed by atoms with Gasteiger partial charge in [-0.25, -0.2) is 0 Å². The topological polar surface area (TPSA) is 142 Å². The van der Waals surface area contributed by atoms with E-state index >= 15 is 0 Å². The third kappa shape index (κ3) is 6.58. The molecule has 7 nitrogen and oxygen atoms in total. The molecule has 0 saturated carbocycles. The first-order chi connectivity index (χ1) is 27.1. The van der Waals surface area contributed by atoms with E-state index in [0.717, 1.165) is 29.8 Å². The van der Waals surface area contributed by atoms with Gasteiger partial charge in [0, 0.05) is 28.5 Å². The third-order valence-corrected chi connectivity index (χ3v) is 10.8. The molecule has 0 N–H and O–H groups in total. The Kier molecular flexibility index (Phi) is 9.52. The first-order valence-electron chi connectivity index (χ1n) is 17.5. The van der Waals surface area contributed by atoms with Crippen LogP contribution < -0.4 is 0 Å². The summed E-state index contributed by atoms with van der Waals surface area (Å²) in [5, 5.41) is 40.8. The second-order valence-electron chi connectivity index (χ2n) is 14.0. The minimum atomic E-state index is -5.04. The Morgan fingerprint density at radius 2 is 1.18 bits per heavy atom. The summed E-state index contributed by atoms with van der Waals surface area (Å²) in [5.74, 6) is -6.35. The fourth-order valence-corrected chi connectivity index (χ4v) is 8.12. The third-order valence-electron chi connectivity index (χ3n) is 10.8. The van der Waals surface area contributed by atoms with Crippen molar-refractivity contribution in [1.29, 1.82) is 21.0 Å². The second kappa shape index (κ2) is 14.2. The highest BCUT2D eigenvalue weighted by Crippen LogP contribution is 2.54. The van der Waals surface area contributed by atoms with Crippen LogP contribution in [0.5, 0.6) is 0 Å². The molecule has 0 radical (unpaired) electrons. The Morgan fingerprint density at radius 1 is 0.684 bits per heavy atom. The maximum atomic E-state index is 13.1. The van der Waals surface area contributed by atoms with Crippen LogP contribution in [0.1, 0.15) is 68.7 Å². The summed E-state index contributed by atoms with van der Waals surface area (Å²) in [4.78, 5) is 28.8. The van der Waals surface area contributed by atoms with Gasteiger partial charge >= 0.3 is 12.4 Å². The van der Waals surface area contributed by atoms with E-state index in [-0.39, 0.29) is 17.1 Å². The lowest BCUT2D eigenvalue weighted by molar-refractivity contribution is -0.0888. The van der Waals surface area contributed by atoms with Crippen LogP contribution in [0.25, 0.3) is 33.4 Å². The van der Waals surface area contributed by atoms with Crippen LogP contribution in [0, 0.1) is 63.1 Å². The van der Waals surface area contributed by atoms with Crippen molar-refractivity contribution in [3.05, 3.63) is 130 Å². The number of nitriles is 4. The zero-order valence-electron chi connectivity index (χ0n) is 29.6. The van der Waals surface area contributed by atoms with Gasteiger partial charge in [-0.15, -0.1) is 0 Å². The van der Waals surface area contributed by atoms with Gasteiger partial charge in [-0.2, -0.15) is 47.4 Å². The van der Waals surface area contributed by atoms with Crippen molar-refractivity contribution in [2.75, 3.05) is 0 Å². The van der Waals surface area contributed by atoms with Gasteiger partial charge in [0.25, 0.3) is 11.6 Å². The molecule has 4 aromatic carbocycles. The molecule has 0 bridgehead atoms. The molecule has 3 unspecified atom stereocenters. The van der Waals surface area contributed by atoms with Crippen molar-refractivity contribution < 1.29 is 35.9 Å². The molecule has 57 heavy (non-hydrogen) atoms. The van der Waals surface area contributed by atoms with Crippen LogP contribution in [0.15, 0.2) is 101 Å². The first kappa shape index (κ1) is 38.2. The van der Waals surface area contributed by atoms with E-state index in [9.17, 15) is 57.0 Å². The van der Waals surface area contributed by atoms with E-state index in [1.165, 1.54) is 24.3 Å². The SMILES string of the molecule is CC1CCC2=C(N=C3c4ccc(-c5ccc(C(=O)C(F)(F)F)cc5)cc4C(C(C#N)C#N)C31)C(=C(C#N)C#N)c1cc(-c3ccc(C(=O)C(F)(F)F)cc3)ccc12. The number of hydrogen-bond acceptors (Lipinski definition) is 7. The minimum absolute atomic E-state index is 0.143. The number of nitrogens with zero attached hydrogens (tertiary/aromatic N) is 5. The fourth-order valence-electron chi connectivity index (χ4n) is 8.12. The lowest BCUT2D eigenvalue weighted by atomic mass is 9.73. The number of Topliss-reactive ketones (excluding diaryl/α,β-unsaturated/α-hetero) is 2. The standard InChI is InChI=1S/C44H25F6N5O2/c1-22-2-13-32-31-14-11-27(23-3-7-25(8-4-23)41(56)43(45,46)47)16-34(31)38(30(20-53)21-54)40(32)55-39-33-15-12-28(17-35(33)37(36(22)39)29(18-51)19-52)24-5-9-26(10-6-24)42(57)44(48,49)50/h3-12,14-17,22,29,36-37H,2,13H2,1H3. The molecule has 3 aliphatic rings. The Balaban J connectivity index is 1.36. The van der Waals surface area contributed by atoms with Crippen LogP contribution in [0.4, 0.5) is 26.3 Å². The number of benzene rings is 4. The Morgan fingerprint density at radius 3 is 1.67 bits per heavy atom. The molecule has 1 aliphatic heterocycles. The smallest absolute Gasteiger partial charge is 0.284 e. The van der Waals surface area contributed by atoms with E-state index in [1.54, 1.807) is 36.4 Å². The number of carbonyl (C=O) groups is 2. The first-order valence-corrected chi connectivity index (χ1v) is 17.5. The molecule has 3 atom stereocenters. The number of halogens is 6. The van der Waals surface area contributed by atoms with Crippen LogP contribution in [0.3, 0.4) is 0 Å². The summed E-state index contributed by atoms with van der Waals surface area (Å²) >= 11 is 0. The van der Waals surface area contributed by atoms with Crippen LogP contribution in [-0.4, -0.2) is 29.6 Å². The van der Waals surface area contributed by atoms with Crippen LogP contribution >= 0.6 is 0 Å². The second-order valence-corrected chi connectivity index (χ2v) is 14.0. The lowest BCUT2D eigenvalue weighted by Crippen LogP contribution is -2.27. The van der Waals surface area contributed by atoms with Gasteiger partial charge in [-0.3, -0.25) is 14.6 Å². The van der Waals surface area contributed by atoms with Crippen molar-refractivity contribution in [2.24, 2.45) is 22.7 Å². The van der Waals surface area contributed by atoms with Gasteiger partial charge in [0.2, 0.25) is 0 Å². The molecule has 0 fully saturated rings. The van der Waals surface area contributed by atoms with Crippen molar-refractivity contribution in [3.8, 4) is 46.5 Å². The number of alkyl halides is 6. The Labute approximate surface area is 321 Å². The molecular formula is C44H25F6N5O2. The number of fused-ring (bicyclic) bond motifs is 5. The molecule has 7 rings (SSSR count). The molecule has 0 saturated heterocycles. The van der Waals surface area contributed by atoms with Crippen molar-refractivity contribution >= 4 is 28.4 Å². The maximum Gasteiger partial charge on any atom is 0.454 e. The van der Waals surface area contributed by atoms with Gasteiger partial charge in [-0.1, -0.05) is 85.8 Å². The Bertz CT molecular complexity index is 2630. The van der Waals surface area contributed by atoms with Crippen molar-refractivity contribution in [3.63, 3.8) is 0 Å². The van der Waals surface area contributed by atoms with Gasteiger partial charge in [0.15, 0.2) is 0 Å². The van der Waals surface area contributed by atoms with Crippen molar-refractivity contribution in [1.82, 2.24) is 0 Å². The highest BCUT2D eigenvalue weighted by molar-refractivity contribution is 6.12. The zero-order chi connectivity index (χ0) is 41.0. The summed E-state index contributed by atoms with van der Waals surface area (Å²) in [6, 6.07) is 28.6. The van der Waals surface area contributed by atoms with E-state index in [1.807, 2.05) is 19.1 Å². The van der Waals surface area contributed by atoms with Crippen LogP contribution in [0.2, 0.25) is 0 Å². The summed E-state index contributed by atoms with van der Waals surface area (Å²) in [6.45, 7) is 1.99. The predicted octanol–water partition coefficient (Wildman–Crippen LogP) is 10.3. The Hall–Kier alpha value is -7.09. The molecule has 13 heteroatoms. The van der Waals surface area contributed by atoms with Gasteiger partial charge in [0.05, 0.1) is 23.5 Å². The predicted molar refractivity (Wildman–Crippen MR) is 195 cm³/mol. The average molecular weight is 770 g/mol. The molecule has 1 heterocycles. The van der Waals surface area contributed by atoms with Gasteiger partial charge < -0.3 is 0 Å². The number of ketones is 2. The lowest BCUT2D eigenvalue weighted by Gasteiger charge is -2.29. The summed E-state index contributed by atoms with van der Waals surface area (Å²) in [7, 11) is 0. The molecule has 0 spiro atoms.